The van der Waals surface area contributed by atoms with E-state index in [0.717, 1.165) is 15.9 Å². The van der Waals surface area contributed by atoms with Crippen molar-refractivity contribution in [1.82, 2.24) is 9.78 Å². The third-order valence-corrected chi connectivity index (χ3v) is 4.25. The molecule has 0 aliphatic rings. The number of benzene rings is 1. The highest BCUT2D eigenvalue weighted by Crippen LogP contribution is 2.25. The van der Waals surface area contributed by atoms with Gasteiger partial charge in [0.05, 0.1) is 22.8 Å². The molecular formula is C14H15BrClN3O. The number of halogens is 2. The van der Waals surface area contributed by atoms with Crippen molar-refractivity contribution >= 4 is 39.0 Å². The van der Waals surface area contributed by atoms with Crippen LogP contribution >= 0.6 is 27.5 Å². The molecule has 1 heterocycles. The van der Waals surface area contributed by atoms with E-state index < -0.39 is 0 Å². The lowest BCUT2D eigenvalue weighted by Gasteiger charge is -2.07. The molecule has 0 fully saturated rings. The third-order valence-electron chi connectivity index (χ3n) is 3.07. The van der Waals surface area contributed by atoms with Crippen LogP contribution < -0.4 is 5.73 Å². The van der Waals surface area contributed by atoms with Crippen LogP contribution in [0.5, 0.6) is 0 Å². The van der Waals surface area contributed by atoms with Crippen LogP contribution in [0.15, 0.2) is 22.7 Å². The minimum atomic E-state index is -0.0410. The predicted molar refractivity (Wildman–Crippen MR) is 84.2 cm³/mol. The summed E-state index contributed by atoms with van der Waals surface area (Å²) < 4.78 is 2.49. The highest BCUT2D eigenvalue weighted by molar-refractivity contribution is 9.10. The van der Waals surface area contributed by atoms with Crippen molar-refractivity contribution in [2.75, 3.05) is 5.73 Å². The molecule has 4 nitrogen and oxygen atoms in total. The largest absolute Gasteiger partial charge is 0.399 e. The van der Waals surface area contributed by atoms with E-state index in [2.05, 4.69) is 21.0 Å². The molecule has 0 spiro atoms. The van der Waals surface area contributed by atoms with Crippen molar-refractivity contribution in [1.29, 1.82) is 0 Å². The molecule has 6 heteroatoms. The Labute approximate surface area is 131 Å². The number of hydrogen-bond donors (Lipinski definition) is 1. The molecular weight excluding hydrogens is 342 g/mol. The molecule has 0 aliphatic carbocycles. The van der Waals surface area contributed by atoms with E-state index in [0.29, 0.717) is 22.8 Å². The molecule has 2 aromatic rings. The Morgan fingerprint density at radius 3 is 2.85 bits per heavy atom. The summed E-state index contributed by atoms with van der Waals surface area (Å²) in [6, 6.07) is 5.18. The van der Waals surface area contributed by atoms with E-state index in [9.17, 15) is 4.79 Å². The SMILES string of the molecule is CCn1nc(C)c(Cl)c1CC(=O)c1cc(N)ccc1Br. The van der Waals surface area contributed by atoms with E-state index in [-0.39, 0.29) is 12.2 Å². The molecule has 0 radical (unpaired) electrons. The molecule has 0 unspecified atom stereocenters. The second kappa shape index (κ2) is 5.97. The lowest BCUT2D eigenvalue weighted by atomic mass is 10.1. The van der Waals surface area contributed by atoms with Gasteiger partial charge in [0.1, 0.15) is 0 Å². The smallest absolute Gasteiger partial charge is 0.170 e. The van der Waals surface area contributed by atoms with Crippen molar-refractivity contribution < 1.29 is 4.79 Å². The Kier molecular flexibility index (Phi) is 4.50. The Morgan fingerprint density at radius 1 is 1.50 bits per heavy atom. The van der Waals surface area contributed by atoms with Crippen molar-refractivity contribution in [3.05, 3.63) is 44.6 Å². The zero-order chi connectivity index (χ0) is 14.9. The summed E-state index contributed by atoms with van der Waals surface area (Å²) in [7, 11) is 0. The van der Waals surface area contributed by atoms with Gasteiger partial charge in [0.15, 0.2) is 5.78 Å². The fourth-order valence-corrected chi connectivity index (χ4v) is 2.71. The summed E-state index contributed by atoms with van der Waals surface area (Å²) in [6.07, 6.45) is 0.204. The number of nitrogens with two attached hydrogens (primary N) is 1. The fraction of sp³-hybridized carbons (Fsp3) is 0.286. The van der Waals surface area contributed by atoms with Crippen molar-refractivity contribution in [2.45, 2.75) is 26.8 Å². The van der Waals surface area contributed by atoms with Gasteiger partial charge in [-0.1, -0.05) is 27.5 Å². The van der Waals surface area contributed by atoms with Crippen LogP contribution in [0.3, 0.4) is 0 Å². The number of ketones is 1. The van der Waals surface area contributed by atoms with Crippen LogP contribution in [0.25, 0.3) is 0 Å². The number of Topliss-reactive ketones (excluding diaryl/α,β-unsaturated/α-hetero) is 1. The Bertz CT molecular complexity index is 667. The first kappa shape index (κ1) is 15.1. The zero-order valence-electron chi connectivity index (χ0n) is 11.3. The third kappa shape index (κ3) is 2.88. The van der Waals surface area contributed by atoms with E-state index >= 15 is 0 Å². The topological polar surface area (TPSA) is 60.9 Å². The molecule has 0 atom stereocenters. The van der Waals surface area contributed by atoms with E-state index in [1.807, 2.05) is 13.8 Å². The van der Waals surface area contributed by atoms with Gasteiger partial charge in [-0.15, -0.1) is 0 Å². The first-order valence-corrected chi connectivity index (χ1v) is 7.41. The minimum absolute atomic E-state index is 0.0410. The van der Waals surface area contributed by atoms with Crippen LogP contribution in [-0.2, 0) is 13.0 Å². The van der Waals surface area contributed by atoms with Gasteiger partial charge in [-0.3, -0.25) is 9.48 Å². The second-order valence-corrected chi connectivity index (χ2v) is 5.73. The van der Waals surface area contributed by atoms with Gasteiger partial charge in [-0.2, -0.15) is 5.10 Å². The molecule has 1 aromatic carbocycles. The maximum atomic E-state index is 12.4. The molecule has 20 heavy (non-hydrogen) atoms. The Hall–Kier alpha value is -1.33. The molecule has 1 aromatic heterocycles. The summed E-state index contributed by atoms with van der Waals surface area (Å²) in [5.41, 5.74) is 8.33. The normalized spacial score (nSPS) is 10.8. The van der Waals surface area contributed by atoms with Crippen molar-refractivity contribution in [2.24, 2.45) is 0 Å². The number of aromatic nitrogens is 2. The fourth-order valence-electron chi connectivity index (χ4n) is 2.04. The standard InChI is InChI=1S/C14H15BrClN3O/c1-3-19-12(14(16)8(2)18-19)7-13(20)10-6-9(17)4-5-11(10)15/h4-6H,3,7,17H2,1-2H3. The number of carbonyl (C=O) groups excluding carboxylic acids is 1. The zero-order valence-corrected chi connectivity index (χ0v) is 13.6. The summed E-state index contributed by atoms with van der Waals surface area (Å²) in [5, 5.41) is 4.87. The quantitative estimate of drug-likeness (QED) is 0.672. The molecule has 0 bridgehead atoms. The molecule has 0 aliphatic heterocycles. The predicted octanol–water partition coefficient (Wildman–Crippen LogP) is 3.63. The molecule has 0 amide bonds. The Morgan fingerprint density at radius 2 is 2.20 bits per heavy atom. The maximum absolute atomic E-state index is 12.4. The van der Waals surface area contributed by atoms with E-state index in [1.165, 1.54) is 0 Å². The van der Waals surface area contributed by atoms with Crippen LogP contribution in [0.2, 0.25) is 5.02 Å². The first-order valence-electron chi connectivity index (χ1n) is 6.24. The number of rotatable bonds is 4. The number of aryl methyl sites for hydroxylation is 2. The summed E-state index contributed by atoms with van der Waals surface area (Å²) >= 11 is 9.60. The van der Waals surface area contributed by atoms with Crippen LogP contribution in [0.1, 0.15) is 28.7 Å². The highest BCUT2D eigenvalue weighted by Gasteiger charge is 2.18. The number of nitrogen functional groups attached to an aromatic ring is 1. The summed E-state index contributed by atoms with van der Waals surface area (Å²) in [6.45, 7) is 4.47. The lowest BCUT2D eigenvalue weighted by molar-refractivity contribution is 0.0990. The number of anilines is 1. The number of hydrogen-bond acceptors (Lipinski definition) is 3. The van der Waals surface area contributed by atoms with Gasteiger partial charge in [0.25, 0.3) is 0 Å². The minimum Gasteiger partial charge on any atom is -0.399 e. The van der Waals surface area contributed by atoms with Gasteiger partial charge < -0.3 is 5.73 Å². The molecule has 106 valence electrons. The number of carbonyl (C=O) groups is 1. The van der Waals surface area contributed by atoms with E-state index in [4.69, 9.17) is 17.3 Å². The Balaban J connectivity index is 2.35. The van der Waals surface area contributed by atoms with Gasteiger partial charge in [-0.05, 0) is 32.0 Å². The van der Waals surface area contributed by atoms with Crippen LogP contribution in [-0.4, -0.2) is 15.6 Å². The highest BCUT2D eigenvalue weighted by atomic mass is 79.9. The van der Waals surface area contributed by atoms with Crippen molar-refractivity contribution in [3.8, 4) is 0 Å². The van der Waals surface area contributed by atoms with Gasteiger partial charge in [0.2, 0.25) is 0 Å². The molecule has 0 saturated carbocycles. The van der Waals surface area contributed by atoms with Crippen LogP contribution in [0, 0.1) is 6.92 Å². The lowest BCUT2D eigenvalue weighted by Crippen LogP contribution is -2.11. The summed E-state index contributed by atoms with van der Waals surface area (Å²) in [5.74, 6) is -0.0410. The average Bonchev–Trinajstić information content (AvgIpc) is 2.69. The molecule has 2 rings (SSSR count). The number of nitrogens with zero attached hydrogens (tertiary/aromatic N) is 2. The summed E-state index contributed by atoms with van der Waals surface area (Å²) in [4.78, 5) is 12.4. The van der Waals surface area contributed by atoms with E-state index in [1.54, 1.807) is 22.9 Å². The van der Waals surface area contributed by atoms with Crippen molar-refractivity contribution in [3.63, 3.8) is 0 Å². The van der Waals surface area contributed by atoms with Gasteiger partial charge in [0, 0.05) is 22.3 Å². The average molecular weight is 357 g/mol. The second-order valence-electron chi connectivity index (χ2n) is 4.50. The van der Waals surface area contributed by atoms with Crippen LogP contribution in [0.4, 0.5) is 5.69 Å². The first-order chi connectivity index (χ1) is 9.43. The van der Waals surface area contributed by atoms with Gasteiger partial charge >= 0.3 is 0 Å². The van der Waals surface area contributed by atoms with Gasteiger partial charge in [-0.25, -0.2) is 0 Å². The monoisotopic (exact) mass is 355 g/mol. The molecule has 0 saturated heterocycles. The molecule has 2 N–H and O–H groups in total. The maximum Gasteiger partial charge on any atom is 0.170 e.